The summed E-state index contributed by atoms with van der Waals surface area (Å²) in [7, 11) is -3.72. The van der Waals surface area contributed by atoms with Gasteiger partial charge < -0.3 is 14.0 Å². The zero-order chi connectivity index (χ0) is 23.4. The van der Waals surface area contributed by atoms with Gasteiger partial charge in [-0.2, -0.15) is 4.31 Å². The molecule has 3 heterocycles. The van der Waals surface area contributed by atoms with E-state index in [1.54, 1.807) is 44.4 Å². The van der Waals surface area contributed by atoms with Gasteiger partial charge in [-0.15, -0.1) is 0 Å². The number of hydrogen-bond acceptors (Lipinski definition) is 8. The van der Waals surface area contributed by atoms with Gasteiger partial charge in [0.05, 0.1) is 12.1 Å². The molecular weight excluding hydrogens is 446 g/mol. The number of carbonyl (C=O) groups excluding carboxylic acids is 1. The van der Waals surface area contributed by atoms with Crippen LogP contribution in [0.3, 0.4) is 0 Å². The topological polar surface area (TPSA) is 112 Å². The molecule has 10 heteroatoms. The van der Waals surface area contributed by atoms with Crippen molar-refractivity contribution in [1.29, 1.82) is 0 Å². The van der Waals surface area contributed by atoms with E-state index in [2.05, 4.69) is 10.1 Å². The third-order valence-corrected chi connectivity index (χ3v) is 7.70. The first-order valence-corrected chi connectivity index (χ1v) is 12.1. The minimum Gasteiger partial charge on any atom is -0.460 e. The maximum atomic E-state index is 13.0. The maximum Gasteiger partial charge on any atom is 0.309 e. The molecule has 1 fully saturated rings. The van der Waals surface area contributed by atoms with Crippen LogP contribution in [0.1, 0.15) is 29.9 Å². The summed E-state index contributed by atoms with van der Waals surface area (Å²) in [6.07, 6.45) is 4.03. The summed E-state index contributed by atoms with van der Waals surface area (Å²) in [5, 5.41) is 3.74. The Kier molecular flexibility index (Phi) is 6.75. The molecule has 33 heavy (non-hydrogen) atoms. The second-order valence-electron chi connectivity index (χ2n) is 7.84. The lowest BCUT2D eigenvalue weighted by atomic mass is 9.98. The molecule has 0 unspecified atom stereocenters. The van der Waals surface area contributed by atoms with E-state index in [1.165, 1.54) is 4.31 Å². The van der Waals surface area contributed by atoms with Crippen LogP contribution in [0.5, 0.6) is 11.5 Å². The van der Waals surface area contributed by atoms with E-state index in [0.29, 0.717) is 30.0 Å². The molecule has 1 saturated heterocycles. The second-order valence-corrected chi connectivity index (χ2v) is 9.71. The van der Waals surface area contributed by atoms with Crippen LogP contribution in [-0.2, 0) is 26.2 Å². The molecular formula is C23H25N3O6S. The Bertz CT molecular complexity index is 1200. The summed E-state index contributed by atoms with van der Waals surface area (Å²) in [6, 6.07) is 10.9. The molecule has 174 valence electrons. The molecule has 3 aromatic rings. The number of aromatic nitrogens is 2. The van der Waals surface area contributed by atoms with Crippen LogP contribution in [-0.4, -0.2) is 41.9 Å². The summed E-state index contributed by atoms with van der Waals surface area (Å²) in [6.45, 7) is 3.70. The Morgan fingerprint density at radius 2 is 1.91 bits per heavy atom. The summed E-state index contributed by atoms with van der Waals surface area (Å²) < 4.78 is 43.7. The van der Waals surface area contributed by atoms with Crippen molar-refractivity contribution >= 4 is 16.0 Å². The number of ether oxygens (including phenoxy) is 2. The van der Waals surface area contributed by atoms with Gasteiger partial charge in [-0.3, -0.25) is 9.78 Å². The van der Waals surface area contributed by atoms with E-state index >= 15 is 0 Å². The minimum absolute atomic E-state index is 0.0624. The number of piperidine rings is 1. The third-order valence-electron chi connectivity index (χ3n) is 5.56. The van der Waals surface area contributed by atoms with Gasteiger partial charge in [0.1, 0.15) is 28.7 Å². The summed E-state index contributed by atoms with van der Waals surface area (Å²) >= 11 is 0. The number of esters is 1. The Labute approximate surface area is 192 Å². The highest BCUT2D eigenvalue weighted by atomic mass is 32.2. The van der Waals surface area contributed by atoms with Crippen molar-refractivity contribution < 1.29 is 27.2 Å². The highest BCUT2D eigenvalue weighted by Crippen LogP contribution is 2.29. The predicted molar refractivity (Wildman–Crippen MR) is 118 cm³/mol. The molecule has 0 aliphatic carbocycles. The van der Waals surface area contributed by atoms with E-state index in [9.17, 15) is 13.2 Å². The number of aryl methyl sites for hydroxylation is 2. The van der Waals surface area contributed by atoms with Gasteiger partial charge in [0.25, 0.3) is 0 Å². The molecule has 1 aromatic carbocycles. The molecule has 2 aromatic heterocycles. The lowest BCUT2D eigenvalue weighted by molar-refractivity contribution is -0.151. The molecule has 4 rings (SSSR count). The van der Waals surface area contributed by atoms with Crippen LogP contribution in [0.25, 0.3) is 0 Å². The highest BCUT2D eigenvalue weighted by molar-refractivity contribution is 7.89. The predicted octanol–water partition coefficient (Wildman–Crippen LogP) is 3.62. The van der Waals surface area contributed by atoms with E-state index in [1.807, 2.05) is 18.2 Å². The number of para-hydroxylation sites is 1. The Balaban J connectivity index is 1.34. The lowest BCUT2D eigenvalue weighted by Gasteiger charge is -2.30. The maximum absolute atomic E-state index is 13.0. The van der Waals surface area contributed by atoms with Gasteiger partial charge in [-0.25, -0.2) is 8.42 Å². The van der Waals surface area contributed by atoms with Crippen LogP contribution in [0.2, 0.25) is 0 Å². The summed E-state index contributed by atoms with van der Waals surface area (Å²) in [5.41, 5.74) is 1.06. The van der Waals surface area contributed by atoms with Crippen LogP contribution in [0.4, 0.5) is 0 Å². The normalized spacial score (nSPS) is 15.3. The van der Waals surface area contributed by atoms with Crippen molar-refractivity contribution in [2.45, 2.75) is 38.2 Å². The summed E-state index contributed by atoms with van der Waals surface area (Å²) in [5.74, 6) is 0.719. The zero-order valence-electron chi connectivity index (χ0n) is 18.4. The van der Waals surface area contributed by atoms with Gasteiger partial charge >= 0.3 is 5.97 Å². The van der Waals surface area contributed by atoms with Gasteiger partial charge in [0.15, 0.2) is 5.76 Å². The Morgan fingerprint density at radius 1 is 1.15 bits per heavy atom. The molecule has 0 bridgehead atoms. The van der Waals surface area contributed by atoms with Crippen molar-refractivity contribution in [3.05, 3.63) is 65.8 Å². The first-order chi connectivity index (χ1) is 15.9. The number of carbonyl (C=O) groups is 1. The minimum atomic E-state index is -3.72. The van der Waals surface area contributed by atoms with E-state index in [0.717, 1.165) is 5.56 Å². The average molecular weight is 472 g/mol. The number of rotatable bonds is 7. The SMILES string of the molecule is Cc1noc(C)c1S(=O)(=O)N1CCC(C(=O)OCc2ccccc2Oc2cccnc2)CC1. The molecule has 0 saturated carbocycles. The number of hydrogen-bond donors (Lipinski definition) is 0. The number of sulfonamides is 1. The van der Waals surface area contributed by atoms with Crippen molar-refractivity contribution in [2.75, 3.05) is 13.1 Å². The lowest BCUT2D eigenvalue weighted by Crippen LogP contribution is -2.40. The molecule has 0 radical (unpaired) electrons. The second kappa shape index (κ2) is 9.72. The smallest absolute Gasteiger partial charge is 0.309 e. The van der Waals surface area contributed by atoms with Crippen LogP contribution >= 0.6 is 0 Å². The number of benzene rings is 1. The Hall–Kier alpha value is -3.24. The quantitative estimate of drug-likeness (QED) is 0.480. The van der Waals surface area contributed by atoms with E-state index in [-0.39, 0.29) is 42.2 Å². The molecule has 1 aliphatic rings. The van der Waals surface area contributed by atoms with E-state index in [4.69, 9.17) is 14.0 Å². The molecule has 9 nitrogen and oxygen atoms in total. The molecule has 0 amide bonds. The van der Waals surface area contributed by atoms with Crippen molar-refractivity contribution in [3.63, 3.8) is 0 Å². The first kappa shape index (κ1) is 22.9. The van der Waals surface area contributed by atoms with E-state index < -0.39 is 10.0 Å². The monoisotopic (exact) mass is 471 g/mol. The number of nitrogens with zero attached hydrogens (tertiary/aromatic N) is 3. The standard InChI is InChI=1S/C23H25N3O6S/c1-16-22(17(2)32-25-16)33(28,29)26-12-9-18(10-13-26)23(27)30-15-19-6-3-4-8-21(19)31-20-7-5-11-24-14-20/h3-8,11,14,18H,9-10,12-13,15H2,1-2H3. The fourth-order valence-corrected chi connectivity index (χ4v) is 5.59. The van der Waals surface area contributed by atoms with Gasteiger partial charge in [-0.1, -0.05) is 23.4 Å². The van der Waals surface area contributed by atoms with Gasteiger partial charge in [0, 0.05) is 24.8 Å². The largest absolute Gasteiger partial charge is 0.460 e. The average Bonchev–Trinajstić information content (AvgIpc) is 3.17. The van der Waals surface area contributed by atoms with Gasteiger partial charge in [-0.05, 0) is 44.9 Å². The molecule has 0 atom stereocenters. The van der Waals surface area contributed by atoms with Crippen LogP contribution in [0.15, 0.2) is 58.2 Å². The summed E-state index contributed by atoms with van der Waals surface area (Å²) in [4.78, 5) is 16.8. The van der Waals surface area contributed by atoms with Crippen LogP contribution < -0.4 is 4.74 Å². The fourth-order valence-electron chi connectivity index (χ4n) is 3.83. The third kappa shape index (κ3) is 5.07. The molecule has 0 N–H and O–H groups in total. The van der Waals surface area contributed by atoms with Crippen LogP contribution in [0, 0.1) is 19.8 Å². The zero-order valence-corrected chi connectivity index (χ0v) is 19.2. The molecule has 0 spiro atoms. The first-order valence-electron chi connectivity index (χ1n) is 10.6. The number of pyridine rings is 1. The van der Waals surface area contributed by atoms with Crippen molar-refractivity contribution in [1.82, 2.24) is 14.4 Å². The van der Waals surface area contributed by atoms with Gasteiger partial charge in [0.2, 0.25) is 10.0 Å². The van der Waals surface area contributed by atoms with Crippen molar-refractivity contribution in [2.24, 2.45) is 5.92 Å². The fraction of sp³-hybridized carbons (Fsp3) is 0.348. The van der Waals surface area contributed by atoms with Crippen molar-refractivity contribution in [3.8, 4) is 11.5 Å². The highest BCUT2D eigenvalue weighted by Gasteiger charge is 2.36. The Morgan fingerprint density at radius 3 is 2.58 bits per heavy atom. The molecule has 1 aliphatic heterocycles.